The summed E-state index contributed by atoms with van der Waals surface area (Å²) in [6, 6.07) is 0. The van der Waals surface area contributed by atoms with E-state index in [1.807, 2.05) is 0 Å². The summed E-state index contributed by atoms with van der Waals surface area (Å²) in [5, 5.41) is 10.5. The van der Waals surface area contributed by atoms with Crippen molar-refractivity contribution in [2.24, 2.45) is 0 Å². The molecule has 0 radical (unpaired) electrons. The standard InChI is InChI=1S/C6H10FNO4S/c7-13(11,12)5-4-6(8(9)10)2-1-3-6/h1-5H2. The lowest BCUT2D eigenvalue weighted by Crippen LogP contribution is -2.46. The van der Waals surface area contributed by atoms with Gasteiger partial charge in [-0.3, -0.25) is 10.1 Å². The highest BCUT2D eigenvalue weighted by atomic mass is 32.3. The van der Waals surface area contributed by atoms with E-state index in [0.717, 1.165) is 0 Å². The summed E-state index contributed by atoms with van der Waals surface area (Å²) >= 11 is 0. The number of nitro groups is 1. The fraction of sp³-hybridized carbons (Fsp3) is 1.00. The third kappa shape index (κ3) is 2.36. The second kappa shape index (κ2) is 3.21. The second-order valence-corrected chi connectivity index (χ2v) is 4.81. The van der Waals surface area contributed by atoms with E-state index in [-0.39, 0.29) is 6.42 Å². The maximum Gasteiger partial charge on any atom is 0.302 e. The van der Waals surface area contributed by atoms with E-state index in [1.54, 1.807) is 0 Å². The molecule has 0 bridgehead atoms. The minimum atomic E-state index is -4.57. The summed E-state index contributed by atoms with van der Waals surface area (Å²) in [7, 11) is -4.57. The summed E-state index contributed by atoms with van der Waals surface area (Å²) < 4.78 is 32.4. The maximum atomic E-state index is 12.1. The van der Waals surface area contributed by atoms with Gasteiger partial charge in [-0.2, -0.15) is 8.42 Å². The highest BCUT2D eigenvalue weighted by Crippen LogP contribution is 2.38. The molecular formula is C6H10FNO4S. The molecule has 5 nitrogen and oxygen atoms in total. The molecule has 13 heavy (non-hydrogen) atoms. The smallest absolute Gasteiger partial charge is 0.264 e. The number of hydrogen-bond acceptors (Lipinski definition) is 4. The molecule has 7 heteroatoms. The van der Waals surface area contributed by atoms with Crippen molar-refractivity contribution in [2.75, 3.05) is 5.75 Å². The van der Waals surface area contributed by atoms with Crippen LogP contribution in [0.5, 0.6) is 0 Å². The Morgan fingerprint density at radius 3 is 2.23 bits per heavy atom. The molecule has 1 aliphatic carbocycles. The van der Waals surface area contributed by atoms with E-state index >= 15 is 0 Å². The molecule has 0 unspecified atom stereocenters. The monoisotopic (exact) mass is 211 g/mol. The number of nitrogens with zero attached hydrogens (tertiary/aromatic N) is 1. The summed E-state index contributed by atoms with van der Waals surface area (Å²) in [5.41, 5.74) is -1.17. The van der Waals surface area contributed by atoms with Crippen LogP contribution in [0.3, 0.4) is 0 Å². The average Bonchev–Trinajstić information content (AvgIpc) is 1.80. The van der Waals surface area contributed by atoms with Crippen LogP contribution in [0.1, 0.15) is 25.7 Å². The molecule has 0 heterocycles. The quantitative estimate of drug-likeness (QED) is 0.393. The Kier molecular flexibility index (Phi) is 2.56. The van der Waals surface area contributed by atoms with Crippen LogP contribution >= 0.6 is 0 Å². The number of halogens is 1. The van der Waals surface area contributed by atoms with E-state index < -0.39 is 26.4 Å². The minimum absolute atomic E-state index is 0.209. The van der Waals surface area contributed by atoms with Gasteiger partial charge in [-0.1, -0.05) is 0 Å². The first-order valence-corrected chi connectivity index (χ1v) is 5.48. The first kappa shape index (κ1) is 10.4. The van der Waals surface area contributed by atoms with E-state index in [4.69, 9.17) is 0 Å². The zero-order valence-corrected chi connectivity index (χ0v) is 7.72. The zero-order valence-electron chi connectivity index (χ0n) is 6.90. The van der Waals surface area contributed by atoms with Gasteiger partial charge in [0.15, 0.2) is 0 Å². The molecule has 0 spiro atoms. The molecule has 1 saturated carbocycles. The van der Waals surface area contributed by atoms with Crippen molar-refractivity contribution >= 4 is 10.2 Å². The molecule has 0 aromatic carbocycles. The van der Waals surface area contributed by atoms with Gasteiger partial charge in [-0.25, -0.2) is 0 Å². The van der Waals surface area contributed by atoms with E-state index in [2.05, 4.69) is 0 Å². The van der Waals surface area contributed by atoms with Crippen LogP contribution < -0.4 is 0 Å². The Morgan fingerprint density at radius 2 is 2.00 bits per heavy atom. The fourth-order valence-electron chi connectivity index (χ4n) is 1.42. The lowest BCUT2D eigenvalue weighted by atomic mass is 9.75. The Hall–Kier alpha value is -0.720. The van der Waals surface area contributed by atoms with Gasteiger partial charge in [0, 0.05) is 24.2 Å². The lowest BCUT2D eigenvalue weighted by molar-refractivity contribution is -0.586. The Balaban J connectivity index is 2.56. The van der Waals surface area contributed by atoms with Crippen LogP contribution in [0.2, 0.25) is 0 Å². The van der Waals surface area contributed by atoms with Gasteiger partial charge in [-0.05, 0) is 6.42 Å². The largest absolute Gasteiger partial charge is 0.302 e. The van der Waals surface area contributed by atoms with Crippen LogP contribution in [-0.4, -0.2) is 24.6 Å². The Labute approximate surface area is 75.3 Å². The van der Waals surface area contributed by atoms with Crippen LogP contribution in [0, 0.1) is 10.1 Å². The molecule has 1 aliphatic rings. The van der Waals surface area contributed by atoms with Gasteiger partial charge in [0.05, 0.1) is 5.75 Å². The van der Waals surface area contributed by atoms with Gasteiger partial charge < -0.3 is 0 Å². The summed E-state index contributed by atoms with van der Waals surface area (Å²) in [6.07, 6.45) is 1.22. The van der Waals surface area contributed by atoms with Crippen LogP contribution in [0.4, 0.5) is 3.89 Å². The van der Waals surface area contributed by atoms with Crippen molar-refractivity contribution in [3.8, 4) is 0 Å². The van der Waals surface area contributed by atoms with Gasteiger partial charge in [0.2, 0.25) is 5.54 Å². The predicted molar refractivity (Wildman–Crippen MR) is 43.1 cm³/mol. The third-order valence-electron chi connectivity index (χ3n) is 2.48. The summed E-state index contributed by atoms with van der Waals surface area (Å²) in [4.78, 5) is 10.0. The Morgan fingerprint density at radius 1 is 1.46 bits per heavy atom. The number of hydrogen-bond donors (Lipinski definition) is 0. The average molecular weight is 211 g/mol. The number of rotatable bonds is 4. The van der Waals surface area contributed by atoms with Crippen molar-refractivity contribution in [3.63, 3.8) is 0 Å². The molecule has 0 N–H and O–H groups in total. The summed E-state index contributed by atoms with van der Waals surface area (Å²) in [5.74, 6) is -0.742. The molecule has 0 aromatic rings. The van der Waals surface area contributed by atoms with Gasteiger partial charge in [-0.15, -0.1) is 3.89 Å². The maximum absolute atomic E-state index is 12.1. The van der Waals surface area contributed by atoms with Gasteiger partial charge >= 0.3 is 10.2 Å². The SMILES string of the molecule is O=[N+]([O-])C1(CCS(=O)(=O)F)CCC1. The molecule has 0 amide bonds. The first-order valence-electron chi connectivity index (χ1n) is 3.93. The highest BCUT2D eigenvalue weighted by Gasteiger charge is 2.49. The predicted octanol–water partition coefficient (Wildman–Crippen LogP) is 0.875. The Bertz CT molecular complexity index is 309. The second-order valence-electron chi connectivity index (χ2n) is 3.33. The molecule has 0 aliphatic heterocycles. The van der Waals surface area contributed by atoms with Gasteiger partial charge in [0.1, 0.15) is 0 Å². The molecule has 76 valence electrons. The first-order chi connectivity index (χ1) is 5.86. The molecular weight excluding hydrogens is 201 g/mol. The molecule has 0 aromatic heterocycles. The van der Waals surface area contributed by atoms with Crippen molar-refractivity contribution < 1.29 is 17.2 Å². The van der Waals surface area contributed by atoms with Crippen molar-refractivity contribution in [3.05, 3.63) is 10.1 Å². The molecule has 0 saturated heterocycles. The van der Waals surface area contributed by atoms with E-state index in [1.165, 1.54) is 0 Å². The topological polar surface area (TPSA) is 77.3 Å². The fourth-order valence-corrected chi connectivity index (χ4v) is 2.04. The van der Waals surface area contributed by atoms with Gasteiger partial charge in [0.25, 0.3) is 0 Å². The molecule has 0 atom stereocenters. The normalized spacial score (nSPS) is 20.7. The van der Waals surface area contributed by atoms with E-state index in [9.17, 15) is 22.4 Å². The zero-order chi connectivity index (χ0) is 10.1. The summed E-state index contributed by atoms with van der Waals surface area (Å²) in [6.45, 7) is 0. The highest BCUT2D eigenvalue weighted by molar-refractivity contribution is 7.86. The van der Waals surface area contributed by atoms with E-state index in [0.29, 0.717) is 19.3 Å². The van der Waals surface area contributed by atoms with Crippen molar-refractivity contribution in [1.29, 1.82) is 0 Å². The van der Waals surface area contributed by atoms with Crippen LogP contribution in [-0.2, 0) is 10.2 Å². The molecule has 1 fully saturated rings. The van der Waals surface area contributed by atoms with Crippen molar-refractivity contribution in [2.45, 2.75) is 31.2 Å². The third-order valence-corrected chi connectivity index (χ3v) is 3.17. The van der Waals surface area contributed by atoms with Crippen LogP contribution in [0.15, 0.2) is 0 Å². The van der Waals surface area contributed by atoms with Crippen LogP contribution in [0.25, 0.3) is 0 Å². The lowest BCUT2D eigenvalue weighted by Gasteiger charge is -2.32. The van der Waals surface area contributed by atoms with Crippen molar-refractivity contribution in [1.82, 2.24) is 0 Å². The molecule has 1 rings (SSSR count). The minimum Gasteiger partial charge on any atom is -0.264 e.